The average Bonchev–Trinajstić information content (AvgIpc) is 3.08. The fourth-order valence-electron chi connectivity index (χ4n) is 2.90. The summed E-state index contributed by atoms with van der Waals surface area (Å²) in [6.45, 7) is 2.66. The van der Waals surface area contributed by atoms with Gasteiger partial charge in [-0.1, -0.05) is 0 Å². The smallest absolute Gasteiger partial charge is 0.159 e. The summed E-state index contributed by atoms with van der Waals surface area (Å²) in [5.41, 5.74) is 9.82. The van der Waals surface area contributed by atoms with Crippen molar-refractivity contribution in [1.82, 2.24) is 14.9 Å². The normalized spacial score (nSPS) is 14.6. The first-order valence-electron chi connectivity index (χ1n) is 7.73. The third kappa shape index (κ3) is 2.96. The van der Waals surface area contributed by atoms with Gasteiger partial charge in [0.15, 0.2) is 5.82 Å². The molecule has 0 saturated heterocycles. The van der Waals surface area contributed by atoms with Gasteiger partial charge in [0, 0.05) is 42.5 Å². The van der Waals surface area contributed by atoms with Gasteiger partial charge in [-0.05, 0) is 36.4 Å². The average molecular weight is 306 g/mol. The van der Waals surface area contributed by atoms with Crippen LogP contribution in [0.1, 0.15) is 17.0 Å². The van der Waals surface area contributed by atoms with Crippen molar-refractivity contribution in [2.45, 2.75) is 19.5 Å². The lowest BCUT2D eigenvalue weighted by Gasteiger charge is -2.27. The molecule has 0 saturated carbocycles. The van der Waals surface area contributed by atoms with E-state index in [0.717, 1.165) is 54.6 Å². The van der Waals surface area contributed by atoms with Gasteiger partial charge in [0.1, 0.15) is 5.76 Å². The van der Waals surface area contributed by atoms with E-state index < -0.39 is 0 Å². The fraction of sp³-hybridized carbons (Fsp3) is 0.222. The Morgan fingerprint density at radius 2 is 2.04 bits per heavy atom. The number of anilines is 1. The molecule has 0 atom stereocenters. The number of furan rings is 1. The number of hydrogen-bond donors (Lipinski definition) is 1. The summed E-state index contributed by atoms with van der Waals surface area (Å²) < 4.78 is 5.43. The molecule has 5 heteroatoms. The highest BCUT2D eigenvalue weighted by atomic mass is 16.3. The zero-order valence-corrected chi connectivity index (χ0v) is 12.8. The predicted octanol–water partition coefficient (Wildman–Crippen LogP) is 2.88. The molecule has 0 unspecified atom stereocenters. The molecule has 2 aromatic heterocycles. The molecule has 2 N–H and O–H groups in total. The van der Waals surface area contributed by atoms with Crippen LogP contribution in [0.4, 0.5) is 5.69 Å². The van der Waals surface area contributed by atoms with Crippen molar-refractivity contribution in [1.29, 1.82) is 0 Å². The maximum absolute atomic E-state index is 5.73. The van der Waals surface area contributed by atoms with E-state index in [1.165, 1.54) is 5.56 Å². The number of nitrogens with zero attached hydrogens (tertiary/aromatic N) is 3. The van der Waals surface area contributed by atoms with Crippen LogP contribution in [0.3, 0.4) is 0 Å². The number of rotatable bonds is 3. The molecule has 1 aliphatic rings. The van der Waals surface area contributed by atoms with Gasteiger partial charge in [0.25, 0.3) is 0 Å². The van der Waals surface area contributed by atoms with E-state index in [1.54, 1.807) is 6.26 Å². The first-order valence-corrected chi connectivity index (χ1v) is 7.73. The van der Waals surface area contributed by atoms with Crippen LogP contribution < -0.4 is 5.73 Å². The Bertz CT molecular complexity index is 796. The van der Waals surface area contributed by atoms with Crippen LogP contribution in [0.5, 0.6) is 0 Å². The molecular weight excluding hydrogens is 288 g/mol. The van der Waals surface area contributed by atoms with Gasteiger partial charge < -0.3 is 10.2 Å². The monoisotopic (exact) mass is 306 g/mol. The highest BCUT2D eigenvalue weighted by Crippen LogP contribution is 2.22. The van der Waals surface area contributed by atoms with E-state index in [0.29, 0.717) is 0 Å². The van der Waals surface area contributed by atoms with Crippen molar-refractivity contribution in [2.24, 2.45) is 0 Å². The molecule has 4 rings (SSSR count). The lowest BCUT2D eigenvalue weighted by Crippen LogP contribution is -2.30. The van der Waals surface area contributed by atoms with E-state index in [-0.39, 0.29) is 0 Å². The highest BCUT2D eigenvalue weighted by Gasteiger charge is 2.19. The summed E-state index contributed by atoms with van der Waals surface area (Å²) in [5, 5.41) is 0. The number of aromatic nitrogens is 2. The zero-order chi connectivity index (χ0) is 15.6. The van der Waals surface area contributed by atoms with Gasteiger partial charge in [-0.2, -0.15) is 0 Å². The van der Waals surface area contributed by atoms with Crippen LogP contribution in [0.25, 0.3) is 11.4 Å². The molecular formula is C18H18N4O. The minimum Gasteiger partial charge on any atom is -0.468 e. The van der Waals surface area contributed by atoms with Gasteiger partial charge in [-0.3, -0.25) is 4.90 Å². The molecule has 5 nitrogen and oxygen atoms in total. The van der Waals surface area contributed by atoms with E-state index >= 15 is 0 Å². The molecule has 0 spiro atoms. The second-order valence-corrected chi connectivity index (χ2v) is 5.83. The molecule has 3 heterocycles. The Morgan fingerprint density at radius 3 is 2.83 bits per heavy atom. The summed E-state index contributed by atoms with van der Waals surface area (Å²) in [6, 6.07) is 11.6. The van der Waals surface area contributed by atoms with Crippen molar-refractivity contribution in [3.05, 3.63) is 65.9 Å². The van der Waals surface area contributed by atoms with Crippen LogP contribution in [-0.2, 0) is 19.5 Å². The first kappa shape index (κ1) is 14.0. The van der Waals surface area contributed by atoms with Crippen LogP contribution in [0, 0.1) is 0 Å². The predicted molar refractivity (Wildman–Crippen MR) is 88.4 cm³/mol. The number of benzene rings is 1. The van der Waals surface area contributed by atoms with Crippen molar-refractivity contribution in [2.75, 3.05) is 12.3 Å². The summed E-state index contributed by atoms with van der Waals surface area (Å²) in [6.07, 6.45) is 4.60. The summed E-state index contributed by atoms with van der Waals surface area (Å²) in [7, 11) is 0. The van der Waals surface area contributed by atoms with E-state index in [4.69, 9.17) is 15.1 Å². The van der Waals surface area contributed by atoms with Crippen LogP contribution in [-0.4, -0.2) is 21.4 Å². The maximum Gasteiger partial charge on any atom is 0.159 e. The zero-order valence-electron chi connectivity index (χ0n) is 12.8. The standard InChI is InChI=1S/C18H18N4O/c19-15-5-3-13(4-6-15)18-20-10-14-11-22(8-7-17(14)21-18)12-16-2-1-9-23-16/h1-6,9-10H,7-8,11-12,19H2. The molecule has 116 valence electrons. The Hall–Kier alpha value is -2.66. The number of nitrogen functional groups attached to an aromatic ring is 1. The molecule has 1 aliphatic heterocycles. The van der Waals surface area contributed by atoms with Crippen LogP contribution >= 0.6 is 0 Å². The first-order chi connectivity index (χ1) is 11.3. The number of fused-ring (bicyclic) bond motifs is 1. The van der Waals surface area contributed by atoms with Crippen molar-refractivity contribution in [3.8, 4) is 11.4 Å². The minimum absolute atomic E-state index is 0.750. The van der Waals surface area contributed by atoms with Crippen molar-refractivity contribution < 1.29 is 4.42 Å². The lowest BCUT2D eigenvalue weighted by atomic mass is 10.1. The van der Waals surface area contributed by atoms with E-state index in [9.17, 15) is 0 Å². The highest BCUT2D eigenvalue weighted by molar-refractivity contribution is 5.58. The van der Waals surface area contributed by atoms with Gasteiger partial charge in [-0.25, -0.2) is 9.97 Å². The van der Waals surface area contributed by atoms with E-state index in [2.05, 4.69) is 9.88 Å². The quantitative estimate of drug-likeness (QED) is 0.754. The second kappa shape index (κ2) is 5.85. The van der Waals surface area contributed by atoms with Crippen LogP contribution in [0.15, 0.2) is 53.3 Å². The largest absolute Gasteiger partial charge is 0.468 e. The summed E-state index contributed by atoms with van der Waals surface area (Å²) in [4.78, 5) is 11.6. The molecule has 1 aromatic carbocycles. The van der Waals surface area contributed by atoms with Crippen LogP contribution in [0.2, 0.25) is 0 Å². The molecule has 0 aliphatic carbocycles. The van der Waals surface area contributed by atoms with Crippen molar-refractivity contribution >= 4 is 5.69 Å². The maximum atomic E-state index is 5.73. The molecule has 23 heavy (non-hydrogen) atoms. The minimum atomic E-state index is 0.750. The fourth-order valence-corrected chi connectivity index (χ4v) is 2.90. The Morgan fingerprint density at radius 1 is 1.17 bits per heavy atom. The Kier molecular flexibility index (Phi) is 3.55. The Balaban J connectivity index is 1.53. The lowest BCUT2D eigenvalue weighted by molar-refractivity contribution is 0.223. The van der Waals surface area contributed by atoms with E-state index in [1.807, 2.05) is 42.6 Å². The second-order valence-electron chi connectivity index (χ2n) is 5.83. The molecule has 0 amide bonds. The summed E-state index contributed by atoms with van der Waals surface area (Å²) >= 11 is 0. The topological polar surface area (TPSA) is 68.2 Å². The molecule has 0 fully saturated rings. The molecule has 3 aromatic rings. The van der Waals surface area contributed by atoms with Gasteiger partial charge in [-0.15, -0.1) is 0 Å². The number of hydrogen-bond acceptors (Lipinski definition) is 5. The SMILES string of the molecule is Nc1ccc(-c2ncc3c(n2)CCN(Cc2ccco2)C3)cc1. The molecule has 0 bridgehead atoms. The van der Waals surface area contributed by atoms with Gasteiger partial charge >= 0.3 is 0 Å². The Labute approximate surface area is 134 Å². The third-order valence-electron chi connectivity index (χ3n) is 4.14. The van der Waals surface area contributed by atoms with Gasteiger partial charge in [0.05, 0.1) is 18.5 Å². The third-order valence-corrected chi connectivity index (χ3v) is 4.14. The number of nitrogens with two attached hydrogens (primary N) is 1. The molecule has 0 radical (unpaired) electrons. The van der Waals surface area contributed by atoms with Crippen molar-refractivity contribution in [3.63, 3.8) is 0 Å². The summed E-state index contributed by atoms with van der Waals surface area (Å²) in [5.74, 6) is 1.76. The van der Waals surface area contributed by atoms with Gasteiger partial charge in [0.2, 0.25) is 0 Å².